The second-order valence-corrected chi connectivity index (χ2v) is 7.81. The summed E-state index contributed by atoms with van der Waals surface area (Å²) in [5.41, 5.74) is 0.568. The predicted octanol–water partition coefficient (Wildman–Crippen LogP) is -0.102. The Kier molecular flexibility index (Phi) is 6.16. The van der Waals surface area contributed by atoms with Crippen LogP contribution in [0.15, 0.2) is 17.0 Å². The molecule has 6 N–H and O–H groups in total. The highest BCUT2D eigenvalue weighted by molar-refractivity contribution is 7.89. The highest BCUT2D eigenvalue weighted by Gasteiger charge is 2.33. The van der Waals surface area contributed by atoms with Crippen molar-refractivity contribution in [3.8, 4) is 0 Å². The highest BCUT2D eigenvalue weighted by atomic mass is 32.2. The van der Waals surface area contributed by atoms with Gasteiger partial charge >= 0.3 is 0 Å². The van der Waals surface area contributed by atoms with Crippen LogP contribution >= 0.6 is 0 Å². The van der Waals surface area contributed by atoms with Crippen molar-refractivity contribution in [1.29, 1.82) is 0 Å². The molecule has 1 aliphatic rings. The molecule has 1 fully saturated rings. The fourth-order valence-electron chi connectivity index (χ4n) is 2.52. The number of benzene rings is 1. The molecule has 0 saturated carbocycles. The van der Waals surface area contributed by atoms with E-state index in [9.17, 15) is 17.9 Å². The van der Waals surface area contributed by atoms with E-state index < -0.39 is 26.3 Å². The third-order valence-electron chi connectivity index (χ3n) is 4.04. The van der Waals surface area contributed by atoms with Gasteiger partial charge < -0.3 is 21.1 Å². The summed E-state index contributed by atoms with van der Waals surface area (Å²) in [5.74, 6) is -0.852. The zero-order valence-corrected chi connectivity index (χ0v) is 14.5. The maximum Gasteiger partial charge on any atom is 0.240 e. The molecule has 0 atom stereocenters. The highest BCUT2D eigenvalue weighted by Crippen LogP contribution is 2.22. The van der Waals surface area contributed by atoms with Crippen LogP contribution in [-0.2, 0) is 10.0 Å². The average molecular weight is 360 g/mol. The molecule has 1 heterocycles. The molecule has 0 aliphatic carbocycles. The molecule has 0 amide bonds. The molecule has 0 radical (unpaired) electrons. The summed E-state index contributed by atoms with van der Waals surface area (Å²) in [5, 5.41) is 24.2. The van der Waals surface area contributed by atoms with E-state index in [4.69, 9.17) is 5.14 Å². The van der Waals surface area contributed by atoms with E-state index in [1.807, 2.05) is 0 Å². The van der Waals surface area contributed by atoms with Crippen molar-refractivity contribution in [3.05, 3.63) is 23.5 Å². The number of nitrogens with two attached hydrogens (primary N) is 1. The number of β-amino-alcohol motifs (C(OH)–C–C–N with tert-alkyl or cyclic N) is 1. The van der Waals surface area contributed by atoms with Gasteiger partial charge in [-0.25, -0.2) is 17.9 Å². The van der Waals surface area contributed by atoms with E-state index in [0.29, 0.717) is 37.4 Å². The smallest absolute Gasteiger partial charge is 0.240 e. The van der Waals surface area contributed by atoms with Crippen LogP contribution in [0.25, 0.3) is 0 Å². The van der Waals surface area contributed by atoms with E-state index in [-0.39, 0.29) is 0 Å². The molecule has 0 unspecified atom stereocenters. The number of aryl methyl sites for hydroxylation is 1. The Balaban J connectivity index is 1.71. The molecule has 1 aliphatic heterocycles. The van der Waals surface area contributed by atoms with Crippen molar-refractivity contribution in [3.63, 3.8) is 0 Å². The predicted molar refractivity (Wildman–Crippen MR) is 90.9 cm³/mol. The van der Waals surface area contributed by atoms with Gasteiger partial charge in [0.1, 0.15) is 16.3 Å². The molecule has 9 heteroatoms. The number of unbranched alkanes of at least 4 members (excludes halogenated alkanes) is 1. The molecule has 0 spiro atoms. The van der Waals surface area contributed by atoms with Crippen molar-refractivity contribution in [2.75, 3.05) is 38.0 Å². The van der Waals surface area contributed by atoms with Crippen LogP contribution in [0.2, 0.25) is 0 Å². The van der Waals surface area contributed by atoms with Crippen LogP contribution in [0.3, 0.4) is 0 Å². The minimum absolute atomic E-state index is 0.488. The fraction of sp³-hybridized carbons (Fsp3) is 0.600. The first-order valence-corrected chi connectivity index (χ1v) is 9.47. The van der Waals surface area contributed by atoms with Gasteiger partial charge in [-0.1, -0.05) is 0 Å². The topological polar surface area (TPSA) is 116 Å². The Hall–Kier alpha value is -1.26. The van der Waals surface area contributed by atoms with Crippen LogP contribution in [0.4, 0.5) is 10.1 Å². The summed E-state index contributed by atoms with van der Waals surface area (Å²) in [6, 6.07) is 2.40. The molecule has 24 heavy (non-hydrogen) atoms. The van der Waals surface area contributed by atoms with Gasteiger partial charge in [-0.2, -0.15) is 0 Å². The first-order chi connectivity index (χ1) is 11.2. The molecule has 7 nitrogen and oxygen atoms in total. The number of sulfonamides is 1. The summed E-state index contributed by atoms with van der Waals surface area (Å²) < 4.78 is 36.3. The lowest BCUT2D eigenvalue weighted by Gasteiger charge is -2.37. The van der Waals surface area contributed by atoms with E-state index in [2.05, 4.69) is 16.0 Å². The Morgan fingerprint density at radius 3 is 2.58 bits per heavy atom. The quantitative estimate of drug-likeness (QED) is 0.393. The molecule has 1 aromatic carbocycles. The zero-order valence-electron chi connectivity index (χ0n) is 13.7. The number of nitrogens with one attached hydrogen (secondary N) is 3. The third kappa shape index (κ3) is 5.12. The first kappa shape index (κ1) is 19.1. The van der Waals surface area contributed by atoms with Gasteiger partial charge in [0.05, 0.1) is 0 Å². The van der Waals surface area contributed by atoms with E-state index in [0.717, 1.165) is 25.5 Å². The Bertz CT molecular complexity index is 678. The van der Waals surface area contributed by atoms with E-state index in [1.165, 1.54) is 6.07 Å². The molecule has 136 valence electrons. The van der Waals surface area contributed by atoms with Gasteiger partial charge in [0.2, 0.25) is 10.0 Å². The molecular formula is C15H25FN4O3S. The minimum Gasteiger partial charge on any atom is -0.386 e. The van der Waals surface area contributed by atoms with E-state index in [1.54, 1.807) is 6.92 Å². The Labute approximate surface area is 141 Å². The van der Waals surface area contributed by atoms with Crippen LogP contribution < -0.4 is 21.1 Å². The summed E-state index contributed by atoms with van der Waals surface area (Å²) in [7, 11) is -4.05. The standard InChI is InChI=1S/C15H25FN4O3S/c1-11-6-14(24(17,22)23)12(16)7-13(11)20-5-3-2-4-18-8-15(21)9-19-10-15/h6-7,18-21H,2-5,8-10H2,1H3,(H2,17,22,23). The number of hydrogen-bond donors (Lipinski definition) is 5. The van der Waals surface area contributed by atoms with Crippen molar-refractivity contribution in [2.24, 2.45) is 5.14 Å². The zero-order chi connectivity index (χ0) is 17.8. The Morgan fingerprint density at radius 2 is 2.00 bits per heavy atom. The summed E-state index contributed by atoms with van der Waals surface area (Å²) in [6.45, 7) is 4.96. The molecular weight excluding hydrogens is 335 g/mol. The van der Waals surface area contributed by atoms with Crippen LogP contribution in [0, 0.1) is 12.7 Å². The first-order valence-electron chi connectivity index (χ1n) is 7.92. The van der Waals surface area contributed by atoms with Crippen molar-refractivity contribution in [2.45, 2.75) is 30.3 Å². The number of anilines is 1. The molecule has 2 rings (SSSR count). The third-order valence-corrected chi connectivity index (χ3v) is 4.97. The molecule has 1 saturated heterocycles. The normalized spacial score (nSPS) is 16.7. The van der Waals surface area contributed by atoms with Gasteiger partial charge in [0.15, 0.2) is 0 Å². The van der Waals surface area contributed by atoms with Gasteiger partial charge in [0, 0.05) is 31.9 Å². The number of aliphatic hydroxyl groups is 1. The van der Waals surface area contributed by atoms with Gasteiger partial charge in [-0.3, -0.25) is 0 Å². The van der Waals surface area contributed by atoms with Crippen molar-refractivity contribution in [1.82, 2.24) is 10.6 Å². The summed E-state index contributed by atoms with van der Waals surface area (Å²) >= 11 is 0. The summed E-state index contributed by atoms with van der Waals surface area (Å²) in [6.07, 6.45) is 1.77. The number of rotatable bonds is 9. The van der Waals surface area contributed by atoms with E-state index >= 15 is 0 Å². The lowest BCUT2D eigenvalue weighted by atomic mass is 9.97. The van der Waals surface area contributed by atoms with Crippen molar-refractivity contribution < 1.29 is 17.9 Å². The SMILES string of the molecule is Cc1cc(S(N)(=O)=O)c(F)cc1NCCCCNCC1(O)CNC1. The van der Waals surface area contributed by atoms with Gasteiger partial charge in [-0.15, -0.1) is 0 Å². The lowest BCUT2D eigenvalue weighted by Crippen LogP contribution is -2.64. The fourth-order valence-corrected chi connectivity index (χ4v) is 3.19. The maximum absolute atomic E-state index is 13.8. The summed E-state index contributed by atoms with van der Waals surface area (Å²) in [4.78, 5) is -0.488. The maximum atomic E-state index is 13.8. The van der Waals surface area contributed by atoms with Crippen LogP contribution in [-0.4, -0.2) is 51.8 Å². The monoisotopic (exact) mass is 360 g/mol. The molecule has 0 bridgehead atoms. The molecule has 1 aromatic rings. The second-order valence-electron chi connectivity index (χ2n) is 6.28. The van der Waals surface area contributed by atoms with Crippen LogP contribution in [0.1, 0.15) is 18.4 Å². The number of hydrogen-bond acceptors (Lipinski definition) is 6. The average Bonchev–Trinajstić information content (AvgIpc) is 2.46. The largest absolute Gasteiger partial charge is 0.386 e. The van der Waals surface area contributed by atoms with Gasteiger partial charge in [-0.05, 0) is 44.0 Å². The minimum atomic E-state index is -4.05. The molecule has 0 aromatic heterocycles. The Morgan fingerprint density at radius 1 is 1.33 bits per heavy atom. The van der Waals surface area contributed by atoms with Gasteiger partial charge in [0.25, 0.3) is 0 Å². The second kappa shape index (κ2) is 7.75. The van der Waals surface area contributed by atoms with Crippen LogP contribution in [0.5, 0.6) is 0 Å². The number of halogens is 1. The van der Waals surface area contributed by atoms with Crippen molar-refractivity contribution >= 4 is 15.7 Å². The lowest BCUT2D eigenvalue weighted by molar-refractivity contribution is -0.00822. The number of primary sulfonamides is 1.